The van der Waals surface area contributed by atoms with E-state index in [-0.39, 0.29) is 11.9 Å². The smallest absolute Gasteiger partial charge is 0.227 e. The number of nitrogens with zero attached hydrogens (tertiary/aromatic N) is 3. The lowest BCUT2D eigenvalue weighted by Crippen LogP contribution is -2.44. The average Bonchev–Trinajstić information content (AvgIpc) is 3.16. The van der Waals surface area contributed by atoms with Gasteiger partial charge in [-0.15, -0.1) is 0 Å². The van der Waals surface area contributed by atoms with Gasteiger partial charge < -0.3 is 9.73 Å². The molecule has 3 heterocycles. The Hall–Kier alpha value is -1.98. The van der Waals surface area contributed by atoms with Crippen molar-refractivity contribution in [2.75, 3.05) is 19.3 Å². The van der Waals surface area contributed by atoms with Gasteiger partial charge in [0.05, 0.1) is 11.3 Å². The first-order chi connectivity index (χ1) is 15.3. The monoisotopic (exact) mass is 496 g/mol. The van der Waals surface area contributed by atoms with Gasteiger partial charge in [-0.1, -0.05) is 11.6 Å². The summed E-state index contributed by atoms with van der Waals surface area (Å²) in [6.07, 6.45) is 4.24. The number of halogens is 2. The molecule has 0 bridgehead atoms. The molecule has 0 saturated carbocycles. The SMILES string of the molecule is CS(=O)(=O)N1CCC(NCc2nc(-c3ccc(F)cc3)oc2Sc2ccc(Cl)cn2)CC1. The van der Waals surface area contributed by atoms with Crippen molar-refractivity contribution in [3.8, 4) is 11.5 Å². The molecule has 32 heavy (non-hydrogen) atoms. The van der Waals surface area contributed by atoms with Crippen LogP contribution in [0.4, 0.5) is 4.39 Å². The molecule has 0 aliphatic carbocycles. The van der Waals surface area contributed by atoms with Crippen molar-refractivity contribution in [1.82, 2.24) is 19.6 Å². The Morgan fingerprint density at radius 2 is 1.94 bits per heavy atom. The summed E-state index contributed by atoms with van der Waals surface area (Å²) in [4.78, 5) is 8.93. The van der Waals surface area contributed by atoms with Gasteiger partial charge in [0.2, 0.25) is 15.9 Å². The minimum absolute atomic E-state index is 0.172. The zero-order valence-electron chi connectivity index (χ0n) is 17.3. The van der Waals surface area contributed by atoms with Crippen molar-refractivity contribution < 1.29 is 17.2 Å². The van der Waals surface area contributed by atoms with Crippen LogP contribution < -0.4 is 5.32 Å². The van der Waals surface area contributed by atoms with Crippen LogP contribution in [0, 0.1) is 5.82 Å². The maximum absolute atomic E-state index is 13.3. The molecule has 1 aliphatic heterocycles. The lowest BCUT2D eigenvalue weighted by molar-refractivity contribution is 0.288. The molecule has 3 aromatic rings. The third-order valence-corrected chi connectivity index (χ3v) is 7.61. The molecule has 11 heteroatoms. The molecule has 0 spiro atoms. The van der Waals surface area contributed by atoms with Gasteiger partial charge in [0.1, 0.15) is 16.5 Å². The lowest BCUT2D eigenvalue weighted by atomic mass is 10.1. The highest BCUT2D eigenvalue weighted by Crippen LogP contribution is 2.34. The standard InChI is InChI=1S/C21H22ClFN4O3S2/c1-32(28,29)27-10-8-17(9-11-27)24-13-18-21(31-19-7-4-15(22)12-25-19)30-20(26-18)14-2-5-16(23)6-3-14/h2-7,12,17,24H,8-11,13H2,1H3. The van der Waals surface area contributed by atoms with E-state index in [9.17, 15) is 12.8 Å². The quantitative estimate of drug-likeness (QED) is 0.524. The number of oxazole rings is 1. The van der Waals surface area contributed by atoms with E-state index in [0.29, 0.717) is 51.9 Å². The molecule has 0 unspecified atom stereocenters. The van der Waals surface area contributed by atoms with Gasteiger partial charge in [0, 0.05) is 37.4 Å². The van der Waals surface area contributed by atoms with E-state index >= 15 is 0 Å². The fourth-order valence-corrected chi connectivity index (χ4v) is 5.17. The number of aromatic nitrogens is 2. The fourth-order valence-electron chi connectivity index (χ4n) is 3.40. The van der Waals surface area contributed by atoms with E-state index < -0.39 is 10.0 Å². The maximum atomic E-state index is 13.3. The second-order valence-electron chi connectivity index (χ2n) is 7.49. The Labute approximate surface area is 195 Å². The molecular formula is C21H22ClFN4O3S2. The summed E-state index contributed by atoms with van der Waals surface area (Å²) in [6.45, 7) is 1.43. The minimum Gasteiger partial charge on any atom is -0.429 e. The van der Waals surface area contributed by atoms with E-state index in [1.807, 2.05) is 0 Å². The van der Waals surface area contributed by atoms with Gasteiger partial charge >= 0.3 is 0 Å². The van der Waals surface area contributed by atoms with E-state index in [1.54, 1.807) is 30.5 Å². The van der Waals surface area contributed by atoms with Gasteiger partial charge in [-0.2, -0.15) is 0 Å². The molecule has 0 radical (unpaired) electrons. The summed E-state index contributed by atoms with van der Waals surface area (Å²) < 4.78 is 44.2. The maximum Gasteiger partial charge on any atom is 0.227 e. The van der Waals surface area contributed by atoms with Crippen molar-refractivity contribution in [2.45, 2.75) is 35.5 Å². The number of rotatable bonds is 7. The van der Waals surface area contributed by atoms with Crippen molar-refractivity contribution in [2.24, 2.45) is 0 Å². The normalized spacial score (nSPS) is 15.8. The topological polar surface area (TPSA) is 88.3 Å². The lowest BCUT2D eigenvalue weighted by Gasteiger charge is -2.30. The van der Waals surface area contributed by atoms with Gasteiger partial charge in [0.25, 0.3) is 0 Å². The van der Waals surface area contributed by atoms with Crippen molar-refractivity contribution >= 4 is 33.4 Å². The van der Waals surface area contributed by atoms with E-state index in [0.717, 1.165) is 12.8 Å². The molecule has 2 aromatic heterocycles. The summed E-state index contributed by atoms with van der Waals surface area (Å²) in [6, 6.07) is 9.68. The van der Waals surface area contributed by atoms with Crippen LogP contribution in [0.1, 0.15) is 18.5 Å². The molecular weight excluding hydrogens is 475 g/mol. The molecule has 0 amide bonds. The van der Waals surface area contributed by atoms with Crippen LogP contribution in [0.15, 0.2) is 57.1 Å². The molecule has 1 aromatic carbocycles. The first-order valence-corrected chi connectivity index (χ1v) is 13.1. The molecule has 0 atom stereocenters. The molecule has 7 nitrogen and oxygen atoms in total. The van der Waals surface area contributed by atoms with E-state index in [2.05, 4.69) is 15.3 Å². The summed E-state index contributed by atoms with van der Waals surface area (Å²) in [5.74, 6) is 0.0627. The average molecular weight is 497 g/mol. The Bertz CT molecular complexity index is 1160. The van der Waals surface area contributed by atoms with Gasteiger partial charge in [-0.3, -0.25) is 0 Å². The zero-order valence-corrected chi connectivity index (χ0v) is 19.7. The molecule has 4 rings (SSSR count). The number of sulfonamides is 1. The largest absolute Gasteiger partial charge is 0.429 e. The van der Waals surface area contributed by atoms with Crippen molar-refractivity contribution in [1.29, 1.82) is 0 Å². The van der Waals surface area contributed by atoms with Crippen LogP contribution in [-0.4, -0.2) is 48.1 Å². The fraction of sp³-hybridized carbons (Fsp3) is 0.333. The zero-order chi connectivity index (χ0) is 22.7. The summed E-state index contributed by atoms with van der Waals surface area (Å²) >= 11 is 7.26. The first kappa shape index (κ1) is 23.2. The minimum atomic E-state index is -3.16. The molecule has 170 valence electrons. The van der Waals surface area contributed by atoms with Crippen LogP contribution >= 0.6 is 23.4 Å². The molecule has 1 fully saturated rings. The summed E-state index contributed by atoms with van der Waals surface area (Å²) in [5.41, 5.74) is 1.38. The second-order valence-corrected chi connectivity index (χ2v) is 10.9. The third kappa shape index (κ3) is 5.87. The Morgan fingerprint density at radius 3 is 2.56 bits per heavy atom. The highest BCUT2D eigenvalue weighted by Gasteiger charge is 2.25. The number of benzene rings is 1. The Kier molecular flexibility index (Phi) is 7.16. The van der Waals surface area contributed by atoms with Crippen molar-refractivity contribution in [3.05, 3.63) is 59.1 Å². The number of pyridine rings is 1. The van der Waals surface area contributed by atoms with E-state index in [4.69, 9.17) is 16.0 Å². The van der Waals surface area contributed by atoms with Crippen LogP contribution in [0.5, 0.6) is 0 Å². The summed E-state index contributed by atoms with van der Waals surface area (Å²) in [7, 11) is -3.16. The Morgan fingerprint density at radius 1 is 1.22 bits per heavy atom. The highest BCUT2D eigenvalue weighted by atomic mass is 35.5. The highest BCUT2D eigenvalue weighted by molar-refractivity contribution is 7.99. The van der Waals surface area contributed by atoms with Gasteiger partial charge in [-0.05, 0) is 61.0 Å². The van der Waals surface area contributed by atoms with Crippen LogP contribution in [0.25, 0.3) is 11.5 Å². The number of hydrogen-bond donors (Lipinski definition) is 1. The van der Waals surface area contributed by atoms with Crippen molar-refractivity contribution in [3.63, 3.8) is 0 Å². The van der Waals surface area contributed by atoms with E-state index in [1.165, 1.54) is 34.5 Å². The van der Waals surface area contributed by atoms with Crippen LogP contribution in [0.2, 0.25) is 5.02 Å². The van der Waals surface area contributed by atoms with Crippen LogP contribution in [0.3, 0.4) is 0 Å². The van der Waals surface area contributed by atoms with Gasteiger partial charge in [-0.25, -0.2) is 27.1 Å². The number of piperidine rings is 1. The third-order valence-electron chi connectivity index (χ3n) is 5.13. The molecule has 1 saturated heterocycles. The number of nitrogens with one attached hydrogen (secondary N) is 1. The first-order valence-electron chi connectivity index (χ1n) is 10.0. The van der Waals surface area contributed by atoms with Crippen LogP contribution in [-0.2, 0) is 16.6 Å². The predicted octanol–water partition coefficient (Wildman–Crippen LogP) is 4.19. The summed E-state index contributed by atoms with van der Waals surface area (Å²) in [5, 5.41) is 5.29. The number of hydrogen-bond acceptors (Lipinski definition) is 7. The predicted molar refractivity (Wildman–Crippen MR) is 122 cm³/mol. The second kappa shape index (κ2) is 9.88. The molecule has 1 N–H and O–H groups in total. The Balaban J connectivity index is 1.50. The molecule has 1 aliphatic rings. The van der Waals surface area contributed by atoms with Gasteiger partial charge in [0.15, 0.2) is 5.09 Å².